The number of hydrogen-bond donors (Lipinski definition) is 3. The van der Waals surface area contributed by atoms with Crippen LogP contribution in [0, 0.1) is 0 Å². The van der Waals surface area contributed by atoms with Crippen LogP contribution in [-0.2, 0) is 24.7 Å². The first kappa shape index (κ1) is 17.2. The number of pyridine rings is 1. The van der Waals surface area contributed by atoms with Crippen LogP contribution in [0.1, 0.15) is 28.8 Å². The molecule has 1 aromatic heterocycles. The van der Waals surface area contributed by atoms with Crippen molar-refractivity contribution in [2.75, 3.05) is 13.6 Å². The maximum absolute atomic E-state index is 12.2. The molecule has 0 spiro atoms. The van der Waals surface area contributed by atoms with Crippen molar-refractivity contribution in [3.8, 4) is 11.5 Å². The van der Waals surface area contributed by atoms with Gasteiger partial charge in [0.05, 0.1) is 5.60 Å². The highest BCUT2D eigenvalue weighted by molar-refractivity contribution is 5.85. The van der Waals surface area contributed by atoms with Crippen LogP contribution in [0.3, 0.4) is 0 Å². The van der Waals surface area contributed by atoms with Gasteiger partial charge in [0.25, 0.3) is 0 Å². The van der Waals surface area contributed by atoms with E-state index in [1.165, 1.54) is 5.56 Å². The number of phenolic OH excluding ortho intramolecular Hbond substituents is 2. The molecule has 2 bridgehead atoms. The monoisotopic (exact) mass is 388 g/mol. The lowest BCUT2D eigenvalue weighted by atomic mass is 9.49. The summed E-state index contributed by atoms with van der Waals surface area (Å²) in [6.45, 7) is 0.899. The predicted molar refractivity (Wildman–Crippen MR) is 110 cm³/mol. The summed E-state index contributed by atoms with van der Waals surface area (Å²) in [5.41, 5.74) is 3.50. The second kappa shape index (κ2) is 5.49. The van der Waals surface area contributed by atoms with E-state index in [0.717, 1.165) is 41.6 Å². The molecule has 5 heteroatoms. The van der Waals surface area contributed by atoms with E-state index in [1.807, 2.05) is 24.3 Å². The number of nitrogens with zero attached hydrogens (tertiary/aromatic N) is 2. The van der Waals surface area contributed by atoms with E-state index in [4.69, 9.17) is 4.98 Å². The number of aromatic hydroxyl groups is 2. The number of para-hydroxylation sites is 1. The summed E-state index contributed by atoms with van der Waals surface area (Å²) in [6, 6.07) is 13.2. The van der Waals surface area contributed by atoms with Gasteiger partial charge in [0.2, 0.25) is 0 Å². The van der Waals surface area contributed by atoms with Crippen LogP contribution >= 0.6 is 0 Å². The lowest BCUT2D eigenvalue weighted by Gasteiger charge is -2.63. The Kier molecular flexibility index (Phi) is 3.27. The Labute approximate surface area is 169 Å². The van der Waals surface area contributed by atoms with E-state index >= 15 is 0 Å². The molecule has 3 N–H and O–H groups in total. The third-order valence-electron chi connectivity index (χ3n) is 7.75. The Hall–Kier alpha value is -2.63. The molecule has 6 rings (SSSR count). The zero-order valence-corrected chi connectivity index (χ0v) is 16.4. The first-order chi connectivity index (χ1) is 13.9. The highest BCUT2D eigenvalue weighted by Crippen LogP contribution is 2.57. The average molecular weight is 388 g/mol. The SMILES string of the molecule is CN1CC[C@]23Cc4nc5c(O)cccc5cc4C[C@@]2(O)[C@@H]1Cc1ccc(O)cc13. The Bertz CT molecular complexity index is 1180. The average Bonchev–Trinajstić information content (AvgIpc) is 2.69. The molecule has 3 atom stereocenters. The van der Waals surface area contributed by atoms with Crippen molar-refractivity contribution in [2.24, 2.45) is 0 Å². The molecule has 0 saturated carbocycles. The minimum absolute atomic E-state index is 0.0290. The molecule has 0 radical (unpaired) electrons. The number of aromatic nitrogens is 1. The maximum Gasteiger partial charge on any atom is 0.141 e. The van der Waals surface area contributed by atoms with Crippen molar-refractivity contribution < 1.29 is 15.3 Å². The van der Waals surface area contributed by atoms with Crippen molar-refractivity contribution in [1.29, 1.82) is 0 Å². The molecule has 3 aromatic rings. The predicted octanol–water partition coefficient (Wildman–Crippen LogP) is 2.67. The van der Waals surface area contributed by atoms with Gasteiger partial charge in [0.15, 0.2) is 0 Å². The zero-order valence-electron chi connectivity index (χ0n) is 16.4. The van der Waals surface area contributed by atoms with Crippen molar-refractivity contribution in [2.45, 2.75) is 42.7 Å². The van der Waals surface area contributed by atoms with Crippen molar-refractivity contribution in [3.63, 3.8) is 0 Å². The number of hydrogen-bond acceptors (Lipinski definition) is 5. The van der Waals surface area contributed by atoms with Gasteiger partial charge in [-0.3, -0.25) is 0 Å². The minimum Gasteiger partial charge on any atom is -0.508 e. The van der Waals surface area contributed by atoms with Gasteiger partial charge >= 0.3 is 0 Å². The number of likely N-dealkylation sites (tertiary alicyclic amines) is 1. The molecular formula is C24H24N2O3. The summed E-state index contributed by atoms with van der Waals surface area (Å²) >= 11 is 0. The summed E-state index contributed by atoms with van der Waals surface area (Å²) in [4.78, 5) is 7.15. The molecule has 2 heterocycles. The summed E-state index contributed by atoms with van der Waals surface area (Å²) < 4.78 is 0. The number of fused-ring (bicyclic) bond motifs is 3. The van der Waals surface area contributed by atoms with Crippen LogP contribution in [0.25, 0.3) is 10.9 Å². The fraction of sp³-hybridized carbons (Fsp3) is 0.375. The van der Waals surface area contributed by atoms with E-state index in [9.17, 15) is 15.3 Å². The van der Waals surface area contributed by atoms with Crippen LogP contribution in [-0.4, -0.2) is 50.4 Å². The number of aliphatic hydroxyl groups is 1. The topological polar surface area (TPSA) is 76.8 Å². The molecule has 2 aliphatic carbocycles. The summed E-state index contributed by atoms with van der Waals surface area (Å²) in [5, 5.41) is 33.7. The molecule has 1 fully saturated rings. The molecule has 29 heavy (non-hydrogen) atoms. The van der Waals surface area contributed by atoms with Gasteiger partial charge in [-0.15, -0.1) is 0 Å². The molecule has 0 amide bonds. The Morgan fingerprint density at radius 1 is 1.07 bits per heavy atom. The van der Waals surface area contributed by atoms with Crippen LogP contribution in [0.2, 0.25) is 0 Å². The van der Waals surface area contributed by atoms with E-state index in [-0.39, 0.29) is 17.5 Å². The molecule has 2 aromatic carbocycles. The van der Waals surface area contributed by atoms with Crippen molar-refractivity contribution in [3.05, 3.63) is 64.8 Å². The fourth-order valence-corrected chi connectivity index (χ4v) is 6.28. The van der Waals surface area contributed by atoms with Gasteiger partial charge in [-0.2, -0.15) is 0 Å². The molecule has 0 unspecified atom stereocenters. The molecule has 148 valence electrons. The largest absolute Gasteiger partial charge is 0.508 e. The summed E-state index contributed by atoms with van der Waals surface area (Å²) in [5.74, 6) is 0.430. The molecule has 1 aliphatic heterocycles. The number of benzene rings is 2. The molecular weight excluding hydrogens is 364 g/mol. The van der Waals surface area contributed by atoms with E-state index in [2.05, 4.69) is 18.0 Å². The smallest absolute Gasteiger partial charge is 0.141 e. The van der Waals surface area contributed by atoms with E-state index in [1.54, 1.807) is 12.1 Å². The van der Waals surface area contributed by atoms with Crippen LogP contribution in [0.4, 0.5) is 0 Å². The lowest BCUT2D eigenvalue weighted by molar-refractivity contribution is -0.145. The highest BCUT2D eigenvalue weighted by Gasteiger charge is 2.64. The Morgan fingerprint density at radius 2 is 1.93 bits per heavy atom. The van der Waals surface area contributed by atoms with Gasteiger partial charge in [0, 0.05) is 35.4 Å². The van der Waals surface area contributed by atoms with E-state index < -0.39 is 11.0 Å². The van der Waals surface area contributed by atoms with Crippen LogP contribution < -0.4 is 0 Å². The molecule has 3 aliphatic rings. The number of rotatable bonds is 0. The normalized spacial score (nSPS) is 30.5. The highest BCUT2D eigenvalue weighted by atomic mass is 16.3. The number of piperidine rings is 1. The van der Waals surface area contributed by atoms with Gasteiger partial charge < -0.3 is 20.2 Å². The van der Waals surface area contributed by atoms with Crippen LogP contribution in [0.15, 0.2) is 42.5 Å². The number of likely N-dealkylation sites (N-methyl/N-ethyl adjacent to an activating group) is 1. The van der Waals surface area contributed by atoms with Gasteiger partial charge in [-0.25, -0.2) is 4.98 Å². The maximum atomic E-state index is 12.2. The standard InChI is InChI=1S/C24H24N2O3/c1-26-8-7-23-13-19-16(9-15-3-2-4-20(28)22(15)25-19)12-24(23,29)21(26)10-14-5-6-17(27)11-18(14)23/h2-6,9,11,21,27-29H,7-8,10,12-13H2,1H3/t21-,23+,24+/m0/s1. The van der Waals surface area contributed by atoms with Gasteiger partial charge in [-0.1, -0.05) is 18.2 Å². The summed E-state index contributed by atoms with van der Waals surface area (Å²) in [7, 11) is 2.10. The second-order valence-corrected chi connectivity index (χ2v) is 9.09. The van der Waals surface area contributed by atoms with Crippen molar-refractivity contribution in [1.82, 2.24) is 9.88 Å². The summed E-state index contributed by atoms with van der Waals surface area (Å²) in [6.07, 6.45) is 2.74. The quantitative estimate of drug-likeness (QED) is 0.552. The zero-order chi connectivity index (χ0) is 20.0. The van der Waals surface area contributed by atoms with Crippen LogP contribution in [0.5, 0.6) is 11.5 Å². The third-order valence-corrected chi connectivity index (χ3v) is 7.75. The number of phenols is 2. The van der Waals surface area contributed by atoms with E-state index in [0.29, 0.717) is 18.4 Å². The molecule has 1 saturated heterocycles. The first-order valence-electron chi connectivity index (χ1n) is 10.3. The first-order valence-corrected chi connectivity index (χ1v) is 10.3. The molecule has 5 nitrogen and oxygen atoms in total. The van der Waals surface area contributed by atoms with Crippen molar-refractivity contribution >= 4 is 10.9 Å². The second-order valence-electron chi connectivity index (χ2n) is 9.09. The van der Waals surface area contributed by atoms with Gasteiger partial charge in [0.1, 0.15) is 17.0 Å². The third kappa shape index (κ3) is 2.09. The Balaban J connectivity index is 1.63. The van der Waals surface area contributed by atoms with Gasteiger partial charge in [-0.05, 0) is 67.4 Å². The minimum atomic E-state index is -0.917. The fourth-order valence-electron chi connectivity index (χ4n) is 6.28. The lowest BCUT2D eigenvalue weighted by Crippen LogP contribution is -2.73. The Morgan fingerprint density at radius 3 is 2.79 bits per heavy atom.